The number of guanidine groups is 1. The summed E-state index contributed by atoms with van der Waals surface area (Å²) in [4.78, 5) is 18.4. The van der Waals surface area contributed by atoms with E-state index in [-0.39, 0.29) is 23.1 Å². The molecule has 1 aromatic carbocycles. The van der Waals surface area contributed by atoms with Gasteiger partial charge < -0.3 is 15.0 Å². The predicted molar refractivity (Wildman–Crippen MR) is 102 cm³/mol. The van der Waals surface area contributed by atoms with Gasteiger partial charge in [-0.15, -0.1) is 0 Å². The summed E-state index contributed by atoms with van der Waals surface area (Å²) in [5.41, 5.74) is 0.314. The van der Waals surface area contributed by atoms with Crippen LogP contribution >= 0.6 is 0 Å². The fourth-order valence-electron chi connectivity index (χ4n) is 3.32. The monoisotopic (exact) mass is 363 g/mol. The highest BCUT2D eigenvalue weighted by Gasteiger charge is 2.29. The lowest BCUT2D eigenvalue weighted by molar-refractivity contribution is -0.149. The summed E-state index contributed by atoms with van der Waals surface area (Å²) in [7, 11) is 1.75. The van der Waals surface area contributed by atoms with Gasteiger partial charge in [-0.05, 0) is 31.4 Å². The topological polar surface area (TPSA) is 53.9 Å². The quantitative estimate of drug-likeness (QED) is 0.496. The molecule has 2 rings (SSSR count). The summed E-state index contributed by atoms with van der Waals surface area (Å²) in [5, 5.41) is 3.37. The van der Waals surface area contributed by atoms with Crippen molar-refractivity contribution >= 4 is 11.9 Å². The molecule has 0 amide bonds. The van der Waals surface area contributed by atoms with Crippen LogP contribution in [-0.2, 0) is 14.9 Å². The Balaban J connectivity index is 1.92. The maximum Gasteiger partial charge on any atom is 0.309 e. The van der Waals surface area contributed by atoms with E-state index in [1.165, 1.54) is 6.07 Å². The number of rotatable bonds is 5. The van der Waals surface area contributed by atoms with Crippen LogP contribution in [0.1, 0.15) is 39.2 Å². The van der Waals surface area contributed by atoms with E-state index in [0.29, 0.717) is 18.7 Å². The van der Waals surface area contributed by atoms with Gasteiger partial charge in [-0.2, -0.15) is 0 Å². The zero-order valence-corrected chi connectivity index (χ0v) is 16.2. The van der Waals surface area contributed by atoms with E-state index >= 15 is 0 Å². The van der Waals surface area contributed by atoms with Crippen molar-refractivity contribution in [1.82, 2.24) is 10.2 Å². The molecule has 6 heteroatoms. The number of hydrogen-bond acceptors (Lipinski definition) is 3. The zero-order chi connectivity index (χ0) is 19.2. The summed E-state index contributed by atoms with van der Waals surface area (Å²) in [6, 6.07) is 6.88. The Labute approximate surface area is 155 Å². The molecule has 5 nitrogen and oxygen atoms in total. The van der Waals surface area contributed by atoms with Crippen LogP contribution in [0.2, 0.25) is 0 Å². The lowest BCUT2D eigenvalue weighted by Crippen LogP contribution is -2.49. The van der Waals surface area contributed by atoms with Crippen LogP contribution in [0, 0.1) is 11.7 Å². The second kappa shape index (κ2) is 9.01. The molecule has 144 valence electrons. The molecule has 0 bridgehead atoms. The van der Waals surface area contributed by atoms with Gasteiger partial charge in [0.2, 0.25) is 0 Å². The average Bonchev–Trinajstić information content (AvgIpc) is 2.63. The smallest absolute Gasteiger partial charge is 0.309 e. The third kappa shape index (κ3) is 4.96. The van der Waals surface area contributed by atoms with Gasteiger partial charge in [0.15, 0.2) is 5.96 Å². The fourth-order valence-corrected chi connectivity index (χ4v) is 3.32. The maximum atomic E-state index is 14.1. The van der Waals surface area contributed by atoms with Crippen molar-refractivity contribution < 1.29 is 13.9 Å². The van der Waals surface area contributed by atoms with Gasteiger partial charge in [0.05, 0.1) is 12.5 Å². The van der Waals surface area contributed by atoms with Gasteiger partial charge in [0, 0.05) is 32.1 Å². The summed E-state index contributed by atoms with van der Waals surface area (Å²) >= 11 is 0. The molecule has 1 aliphatic heterocycles. The molecule has 0 atom stereocenters. The van der Waals surface area contributed by atoms with Gasteiger partial charge in [-0.1, -0.05) is 32.0 Å². The first-order valence-electron chi connectivity index (χ1n) is 9.26. The van der Waals surface area contributed by atoms with Crippen molar-refractivity contribution in [2.45, 2.75) is 39.0 Å². The molecule has 1 aliphatic rings. The van der Waals surface area contributed by atoms with E-state index in [1.54, 1.807) is 13.1 Å². The van der Waals surface area contributed by atoms with Crippen LogP contribution in [0.25, 0.3) is 0 Å². The minimum absolute atomic E-state index is 0.0286. The number of esters is 1. The molecule has 0 unspecified atom stereocenters. The van der Waals surface area contributed by atoms with Crippen molar-refractivity contribution in [3.63, 3.8) is 0 Å². The highest BCUT2D eigenvalue weighted by Crippen LogP contribution is 2.25. The van der Waals surface area contributed by atoms with Crippen LogP contribution in [0.3, 0.4) is 0 Å². The first kappa shape index (κ1) is 20.2. The normalized spacial score (nSPS) is 16.5. The highest BCUT2D eigenvalue weighted by atomic mass is 19.1. The molecular formula is C20H30FN3O2. The molecule has 1 aromatic rings. The molecule has 0 spiro atoms. The molecule has 1 saturated heterocycles. The largest absolute Gasteiger partial charge is 0.466 e. The number of nitrogens with one attached hydrogen (secondary N) is 1. The number of carbonyl (C=O) groups is 1. The summed E-state index contributed by atoms with van der Waals surface area (Å²) in [6.45, 7) is 8.35. The minimum atomic E-state index is -0.370. The Kier molecular flexibility index (Phi) is 7.00. The van der Waals surface area contributed by atoms with E-state index in [4.69, 9.17) is 4.74 Å². The third-order valence-electron chi connectivity index (χ3n) is 4.92. The molecule has 1 N–H and O–H groups in total. The predicted octanol–water partition coefficient (Wildman–Crippen LogP) is 2.95. The number of aliphatic imine (C=N–C) groups is 1. The van der Waals surface area contributed by atoms with Crippen LogP contribution < -0.4 is 5.32 Å². The lowest BCUT2D eigenvalue weighted by Gasteiger charge is -2.35. The van der Waals surface area contributed by atoms with Gasteiger partial charge in [0.1, 0.15) is 5.82 Å². The van der Waals surface area contributed by atoms with Crippen LogP contribution in [-0.4, -0.2) is 50.1 Å². The number of hydrogen-bond donors (Lipinski definition) is 1. The zero-order valence-electron chi connectivity index (χ0n) is 16.2. The first-order chi connectivity index (χ1) is 12.4. The molecule has 26 heavy (non-hydrogen) atoms. The molecular weight excluding hydrogens is 333 g/mol. The molecule has 0 radical (unpaired) electrons. The van der Waals surface area contributed by atoms with Gasteiger partial charge in [-0.25, -0.2) is 4.39 Å². The number of likely N-dealkylation sites (tertiary alicyclic amines) is 1. The Bertz CT molecular complexity index is 638. The molecule has 0 aromatic heterocycles. The van der Waals surface area contributed by atoms with Gasteiger partial charge in [0.25, 0.3) is 0 Å². The Hall–Kier alpha value is -2.11. The van der Waals surface area contributed by atoms with Crippen molar-refractivity contribution in [1.29, 1.82) is 0 Å². The number of piperidine rings is 1. The summed E-state index contributed by atoms with van der Waals surface area (Å²) in [5.74, 6) is 0.469. The van der Waals surface area contributed by atoms with Crippen molar-refractivity contribution in [3.05, 3.63) is 35.6 Å². The van der Waals surface area contributed by atoms with E-state index < -0.39 is 0 Å². The van der Waals surface area contributed by atoms with Crippen LogP contribution in [0.5, 0.6) is 0 Å². The molecule has 0 aliphatic carbocycles. The second-order valence-corrected chi connectivity index (χ2v) is 7.28. The highest BCUT2D eigenvalue weighted by molar-refractivity contribution is 5.80. The molecule has 0 saturated carbocycles. The van der Waals surface area contributed by atoms with Crippen molar-refractivity contribution in [3.8, 4) is 0 Å². The Morgan fingerprint density at radius 2 is 2.00 bits per heavy atom. The summed E-state index contributed by atoms with van der Waals surface area (Å²) in [6.07, 6.45) is 1.52. The Morgan fingerprint density at radius 3 is 2.58 bits per heavy atom. The van der Waals surface area contributed by atoms with Gasteiger partial charge >= 0.3 is 5.97 Å². The number of ether oxygens (including phenoxy) is 1. The third-order valence-corrected chi connectivity index (χ3v) is 4.92. The summed E-state index contributed by atoms with van der Waals surface area (Å²) < 4.78 is 19.2. The van der Waals surface area contributed by atoms with E-state index in [2.05, 4.69) is 15.2 Å². The molecule has 1 fully saturated rings. The molecule has 1 heterocycles. The van der Waals surface area contributed by atoms with E-state index in [9.17, 15) is 9.18 Å². The SMILES string of the molecule is CCOC(=O)C1CCN(C(=NC)NCC(C)(C)c2ccccc2F)CC1. The fraction of sp³-hybridized carbons (Fsp3) is 0.600. The van der Waals surface area contributed by atoms with Crippen LogP contribution in [0.15, 0.2) is 29.3 Å². The average molecular weight is 363 g/mol. The first-order valence-corrected chi connectivity index (χ1v) is 9.26. The lowest BCUT2D eigenvalue weighted by atomic mass is 9.84. The second-order valence-electron chi connectivity index (χ2n) is 7.28. The van der Waals surface area contributed by atoms with E-state index in [1.807, 2.05) is 32.9 Å². The number of benzene rings is 1. The number of carbonyl (C=O) groups excluding carboxylic acids is 1. The minimum Gasteiger partial charge on any atom is -0.466 e. The van der Waals surface area contributed by atoms with Crippen molar-refractivity contribution in [2.24, 2.45) is 10.9 Å². The van der Waals surface area contributed by atoms with Gasteiger partial charge in [-0.3, -0.25) is 9.79 Å². The van der Waals surface area contributed by atoms with Crippen LogP contribution in [0.4, 0.5) is 4.39 Å². The van der Waals surface area contributed by atoms with E-state index in [0.717, 1.165) is 31.9 Å². The number of nitrogens with zero attached hydrogens (tertiary/aromatic N) is 2. The standard InChI is InChI=1S/C20H30FN3O2/c1-5-26-18(25)15-10-12-24(13-11-15)19(22-4)23-14-20(2,3)16-8-6-7-9-17(16)21/h6-9,15H,5,10-14H2,1-4H3,(H,22,23). The maximum absolute atomic E-state index is 14.1. The van der Waals surface area contributed by atoms with Crippen molar-refractivity contribution in [2.75, 3.05) is 33.3 Å². The Morgan fingerprint density at radius 1 is 1.35 bits per heavy atom. The number of halogens is 1.